The number of aromatic nitrogens is 1. The van der Waals surface area contributed by atoms with Crippen molar-refractivity contribution in [2.75, 3.05) is 18.6 Å². The standard InChI is InChI=1S/C14H15NO4S/c1-19-12-4-2-3-11-13(12)10(7-15-11)14(16)9-5-6-20(17,18)8-9/h2-4,7,9,15H,5-6,8H2,1H3. The number of carbonyl (C=O) groups is 1. The van der Waals surface area contributed by atoms with Gasteiger partial charge in [-0.25, -0.2) is 8.42 Å². The molecule has 106 valence electrons. The van der Waals surface area contributed by atoms with E-state index in [0.717, 1.165) is 10.9 Å². The van der Waals surface area contributed by atoms with Crippen molar-refractivity contribution < 1.29 is 17.9 Å². The summed E-state index contributed by atoms with van der Waals surface area (Å²) in [6.45, 7) is 0. The highest BCUT2D eigenvalue weighted by Crippen LogP contribution is 2.32. The minimum Gasteiger partial charge on any atom is -0.496 e. The minimum atomic E-state index is -3.06. The van der Waals surface area contributed by atoms with E-state index in [-0.39, 0.29) is 17.3 Å². The van der Waals surface area contributed by atoms with Gasteiger partial charge in [-0.3, -0.25) is 4.79 Å². The third-order valence-electron chi connectivity index (χ3n) is 3.76. The molecule has 0 aliphatic carbocycles. The monoisotopic (exact) mass is 293 g/mol. The number of methoxy groups -OCH3 is 1. The van der Waals surface area contributed by atoms with Crippen LogP contribution in [0.5, 0.6) is 5.75 Å². The van der Waals surface area contributed by atoms with E-state index in [4.69, 9.17) is 4.74 Å². The van der Waals surface area contributed by atoms with E-state index >= 15 is 0 Å². The first-order valence-corrected chi connectivity index (χ1v) is 8.23. The smallest absolute Gasteiger partial charge is 0.169 e. The van der Waals surface area contributed by atoms with Crippen LogP contribution in [0.2, 0.25) is 0 Å². The van der Waals surface area contributed by atoms with Crippen molar-refractivity contribution in [3.63, 3.8) is 0 Å². The van der Waals surface area contributed by atoms with Crippen LogP contribution in [0.1, 0.15) is 16.8 Å². The third-order valence-corrected chi connectivity index (χ3v) is 5.52. The number of ketones is 1. The Morgan fingerprint density at radius 1 is 1.40 bits per heavy atom. The van der Waals surface area contributed by atoms with Gasteiger partial charge in [-0.1, -0.05) is 6.07 Å². The lowest BCUT2D eigenvalue weighted by Gasteiger charge is -2.07. The second-order valence-electron chi connectivity index (χ2n) is 5.05. The number of hydrogen-bond donors (Lipinski definition) is 1. The van der Waals surface area contributed by atoms with Crippen LogP contribution in [0.3, 0.4) is 0 Å². The van der Waals surface area contributed by atoms with Crippen LogP contribution >= 0.6 is 0 Å². The number of H-pyrrole nitrogens is 1. The molecule has 1 aromatic heterocycles. The van der Waals surface area contributed by atoms with Gasteiger partial charge in [0.25, 0.3) is 0 Å². The predicted molar refractivity (Wildman–Crippen MR) is 75.9 cm³/mol. The molecule has 1 aliphatic heterocycles. The molecule has 5 nitrogen and oxygen atoms in total. The van der Waals surface area contributed by atoms with Crippen LogP contribution < -0.4 is 4.74 Å². The number of hydrogen-bond acceptors (Lipinski definition) is 4. The third kappa shape index (κ3) is 2.10. The number of fused-ring (bicyclic) bond motifs is 1. The molecule has 1 aliphatic rings. The number of aromatic amines is 1. The van der Waals surface area contributed by atoms with Gasteiger partial charge < -0.3 is 9.72 Å². The molecule has 0 bridgehead atoms. The Morgan fingerprint density at radius 2 is 2.20 bits per heavy atom. The quantitative estimate of drug-likeness (QED) is 0.875. The summed E-state index contributed by atoms with van der Waals surface area (Å²) in [5, 5.41) is 0.726. The highest BCUT2D eigenvalue weighted by Gasteiger charge is 2.34. The van der Waals surface area contributed by atoms with Gasteiger partial charge >= 0.3 is 0 Å². The molecule has 3 rings (SSSR count). The lowest BCUT2D eigenvalue weighted by molar-refractivity contribution is 0.0935. The summed E-state index contributed by atoms with van der Waals surface area (Å²) in [5.74, 6) is 0.106. The largest absolute Gasteiger partial charge is 0.496 e. The van der Waals surface area contributed by atoms with Crippen molar-refractivity contribution in [2.45, 2.75) is 6.42 Å². The molecule has 0 saturated carbocycles. The highest BCUT2D eigenvalue weighted by atomic mass is 32.2. The molecular weight excluding hydrogens is 278 g/mol. The van der Waals surface area contributed by atoms with Gasteiger partial charge in [-0.05, 0) is 18.6 Å². The zero-order valence-electron chi connectivity index (χ0n) is 11.0. The Kier molecular flexibility index (Phi) is 3.05. The Labute approximate surface area is 116 Å². The average molecular weight is 293 g/mol. The van der Waals surface area contributed by atoms with Crippen molar-refractivity contribution in [2.24, 2.45) is 5.92 Å². The van der Waals surface area contributed by atoms with Gasteiger partial charge in [-0.15, -0.1) is 0 Å². The Hall–Kier alpha value is -1.82. The van der Waals surface area contributed by atoms with Crippen LogP contribution in [0.25, 0.3) is 10.9 Å². The molecule has 1 aromatic carbocycles. The van der Waals surface area contributed by atoms with E-state index in [1.807, 2.05) is 12.1 Å². The predicted octanol–water partition coefficient (Wildman–Crippen LogP) is 1.79. The summed E-state index contributed by atoms with van der Waals surface area (Å²) < 4.78 is 28.3. The van der Waals surface area contributed by atoms with E-state index in [2.05, 4.69) is 4.98 Å². The second kappa shape index (κ2) is 4.63. The van der Waals surface area contributed by atoms with Crippen molar-refractivity contribution in [1.82, 2.24) is 4.98 Å². The average Bonchev–Trinajstić information content (AvgIpc) is 3.00. The van der Waals surface area contributed by atoms with E-state index in [9.17, 15) is 13.2 Å². The van der Waals surface area contributed by atoms with Crippen molar-refractivity contribution in [3.05, 3.63) is 30.0 Å². The molecule has 1 saturated heterocycles. The van der Waals surface area contributed by atoms with E-state index in [1.165, 1.54) is 0 Å². The SMILES string of the molecule is COc1cccc2[nH]cc(C(=O)C3CCS(=O)(=O)C3)c12. The van der Waals surface area contributed by atoms with Gasteiger partial charge in [0.05, 0.1) is 24.0 Å². The molecule has 6 heteroatoms. The molecule has 1 unspecified atom stereocenters. The molecule has 1 fully saturated rings. The van der Waals surface area contributed by atoms with E-state index < -0.39 is 15.8 Å². The lowest BCUT2D eigenvalue weighted by Crippen LogP contribution is -2.16. The fourth-order valence-electron chi connectivity index (χ4n) is 2.74. The summed E-state index contributed by atoms with van der Waals surface area (Å²) >= 11 is 0. The maximum absolute atomic E-state index is 12.5. The summed E-state index contributed by atoms with van der Waals surface area (Å²) in [5.41, 5.74) is 1.33. The fraction of sp³-hybridized carbons (Fsp3) is 0.357. The topological polar surface area (TPSA) is 76.2 Å². The maximum Gasteiger partial charge on any atom is 0.169 e. The van der Waals surface area contributed by atoms with Crippen LogP contribution in [0.15, 0.2) is 24.4 Å². The molecule has 2 heterocycles. The van der Waals surface area contributed by atoms with Crippen molar-refractivity contribution in [1.29, 1.82) is 0 Å². The molecular formula is C14H15NO4S. The van der Waals surface area contributed by atoms with Gasteiger partial charge in [0, 0.05) is 23.2 Å². The van der Waals surface area contributed by atoms with Crippen LogP contribution in [0.4, 0.5) is 0 Å². The van der Waals surface area contributed by atoms with Crippen LogP contribution in [-0.4, -0.2) is 37.8 Å². The number of rotatable bonds is 3. The van der Waals surface area contributed by atoms with Crippen LogP contribution in [-0.2, 0) is 9.84 Å². The highest BCUT2D eigenvalue weighted by molar-refractivity contribution is 7.91. The molecule has 20 heavy (non-hydrogen) atoms. The number of carbonyl (C=O) groups excluding carboxylic acids is 1. The lowest BCUT2D eigenvalue weighted by atomic mass is 9.96. The number of ether oxygens (including phenoxy) is 1. The second-order valence-corrected chi connectivity index (χ2v) is 7.28. The first kappa shape index (κ1) is 13.2. The number of nitrogens with one attached hydrogen (secondary N) is 1. The fourth-order valence-corrected chi connectivity index (χ4v) is 4.48. The molecule has 1 N–H and O–H groups in total. The first-order chi connectivity index (χ1) is 9.52. The molecule has 2 aromatic rings. The summed E-state index contributed by atoms with van der Waals surface area (Å²) in [6.07, 6.45) is 2.05. The first-order valence-electron chi connectivity index (χ1n) is 6.40. The Balaban J connectivity index is 2.05. The Bertz CT molecular complexity index is 776. The number of benzene rings is 1. The number of sulfone groups is 1. The van der Waals surface area contributed by atoms with Gasteiger partial charge in [0.1, 0.15) is 5.75 Å². The van der Waals surface area contributed by atoms with E-state index in [1.54, 1.807) is 19.4 Å². The van der Waals surface area contributed by atoms with Gasteiger partial charge in [-0.2, -0.15) is 0 Å². The van der Waals surface area contributed by atoms with Gasteiger partial charge in [0.15, 0.2) is 15.6 Å². The summed E-state index contributed by atoms with van der Waals surface area (Å²) in [6, 6.07) is 5.49. The van der Waals surface area contributed by atoms with Crippen molar-refractivity contribution in [3.8, 4) is 5.75 Å². The van der Waals surface area contributed by atoms with Crippen LogP contribution in [0, 0.1) is 5.92 Å². The molecule has 0 spiro atoms. The number of Topliss-reactive ketones (excluding diaryl/α,β-unsaturated/α-hetero) is 1. The maximum atomic E-state index is 12.5. The normalized spacial score (nSPS) is 21.1. The molecule has 0 radical (unpaired) electrons. The zero-order chi connectivity index (χ0) is 14.3. The zero-order valence-corrected chi connectivity index (χ0v) is 11.9. The van der Waals surface area contributed by atoms with Gasteiger partial charge in [0.2, 0.25) is 0 Å². The minimum absolute atomic E-state index is 0.0480. The summed E-state index contributed by atoms with van der Waals surface area (Å²) in [4.78, 5) is 15.6. The molecule has 0 amide bonds. The van der Waals surface area contributed by atoms with Crippen molar-refractivity contribution >= 4 is 26.5 Å². The molecule has 1 atom stereocenters. The van der Waals surface area contributed by atoms with E-state index in [0.29, 0.717) is 17.7 Å². The Morgan fingerprint density at radius 3 is 2.85 bits per heavy atom. The summed E-state index contributed by atoms with van der Waals surface area (Å²) in [7, 11) is -1.51.